The third kappa shape index (κ3) is 5.34. The zero-order valence-corrected chi connectivity index (χ0v) is 16.2. The van der Waals surface area contributed by atoms with Gasteiger partial charge in [-0.25, -0.2) is 0 Å². The summed E-state index contributed by atoms with van der Waals surface area (Å²) < 4.78 is 5.53. The number of benzene rings is 1. The highest BCUT2D eigenvalue weighted by molar-refractivity contribution is 5.99. The van der Waals surface area contributed by atoms with Crippen LogP contribution in [0.4, 0.5) is 0 Å². The first-order valence-electron chi connectivity index (χ1n) is 9.10. The summed E-state index contributed by atoms with van der Waals surface area (Å²) in [5.41, 5.74) is 5.60. The molecule has 0 radical (unpaired) electrons. The molecule has 0 unspecified atom stereocenters. The second-order valence-electron chi connectivity index (χ2n) is 6.57. The lowest BCUT2D eigenvalue weighted by atomic mass is 10.0. The van der Waals surface area contributed by atoms with E-state index in [0.717, 1.165) is 18.7 Å². The Morgan fingerprint density at radius 2 is 1.74 bits per heavy atom. The van der Waals surface area contributed by atoms with Gasteiger partial charge in [0.25, 0.3) is 5.91 Å². The van der Waals surface area contributed by atoms with Crippen LogP contribution in [0.15, 0.2) is 34.7 Å². The monoisotopic (exact) mass is 373 g/mol. The molecular formula is C20H27N3O4. The third-order valence-corrected chi connectivity index (χ3v) is 4.38. The van der Waals surface area contributed by atoms with E-state index >= 15 is 0 Å². The van der Waals surface area contributed by atoms with E-state index in [0.29, 0.717) is 12.3 Å². The molecular weight excluding hydrogens is 346 g/mol. The van der Waals surface area contributed by atoms with Crippen molar-refractivity contribution in [3.05, 3.63) is 53.0 Å². The SMILES string of the molecule is CCN(CC)Cc1ccc(C(=O)NNC(=O)c2ccc(C(C)C)cc2O)o1. The van der Waals surface area contributed by atoms with Crippen molar-refractivity contribution in [2.24, 2.45) is 0 Å². The van der Waals surface area contributed by atoms with Crippen LogP contribution in [-0.4, -0.2) is 34.9 Å². The van der Waals surface area contributed by atoms with Gasteiger partial charge in [-0.3, -0.25) is 25.3 Å². The smallest absolute Gasteiger partial charge is 0.305 e. The number of carbonyl (C=O) groups excluding carboxylic acids is 2. The number of hydrogen-bond donors (Lipinski definition) is 3. The van der Waals surface area contributed by atoms with E-state index in [-0.39, 0.29) is 23.0 Å². The van der Waals surface area contributed by atoms with Crippen molar-refractivity contribution in [2.75, 3.05) is 13.1 Å². The molecule has 0 aliphatic rings. The molecule has 7 nitrogen and oxygen atoms in total. The standard InChI is InChI=1S/C20H27N3O4/c1-5-23(6-2)12-15-8-10-18(27-15)20(26)22-21-19(25)16-9-7-14(13(3)4)11-17(16)24/h7-11,13,24H,5-6,12H2,1-4H3,(H,21,25)(H,22,26). The fourth-order valence-electron chi connectivity index (χ4n) is 2.59. The van der Waals surface area contributed by atoms with Crippen molar-refractivity contribution in [2.45, 2.75) is 40.2 Å². The number of hydrogen-bond acceptors (Lipinski definition) is 5. The molecule has 1 heterocycles. The van der Waals surface area contributed by atoms with Gasteiger partial charge in [-0.15, -0.1) is 0 Å². The van der Waals surface area contributed by atoms with Gasteiger partial charge in [0.1, 0.15) is 11.5 Å². The van der Waals surface area contributed by atoms with Crippen molar-refractivity contribution in [1.29, 1.82) is 0 Å². The van der Waals surface area contributed by atoms with Gasteiger partial charge in [0.05, 0.1) is 12.1 Å². The normalized spacial score (nSPS) is 11.0. The van der Waals surface area contributed by atoms with Crippen LogP contribution < -0.4 is 10.9 Å². The molecule has 7 heteroatoms. The molecule has 0 spiro atoms. The van der Waals surface area contributed by atoms with E-state index in [9.17, 15) is 14.7 Å². The maximum absolute atomic E-state index is 12.2. The average molecular weight is 373 g/mol. The minimum Gasteiger partial charge on any atom is -0.507 e. The van der Waals surface area contributed by atoms with Crippen molar-refractivity contribution >= 4 is 11.8 Å². The molecule has 0 bridgehead atoms. The Morgan fingerprint density at radius 3 is 2.33 bits per heavy atom. The van der Waals surface area contributed by atoms with Crippen LogP contribution in [0.5, 0.6) is 5.75 Å². The van der Waals surface area contributed by atoms with Crippen LogP contribution in [0.25, 0.3) is 0 Å². The molecule has 2 rings (SSSR count). The summed E-state index contributed by atoms with van der Waals surface area (Å²) in [5.74, 6) is -0.280. The number of nitrogens with one attached hydrogen (secondary N) is 2. The fourth-order valence-corrected chi connectivity index (χ4v) is 2.59. The maximum Gasteiger partial charge on any atom is 0.305 e. The zero-order valence-electron chi connectivity index (χ0n) is 16.2. The van der Waals surface area contributed by atoms with Crippen molar-refractivity contribution in [1.82, 2.24) is 15.8 Å². The number of furan rings is 1. The number of nitrogens with zero attached hydrogens (tertiary/aromatic N) is 1. The number of amides is 2. The summed E-state index contributed by atoms with van der Waals surface area (Å²) in [5, 5.41) is 10.0. The zero-order chi connectivity index (χ0) is 20.0. The lowest BCUT2D eigenvalue weighted by Crippen LogP contribution is -2.41. The molecule has 0 atom stereocenters. The molecule has 2 aromatic rings. The fraction of sp³-hybridized carbons (Fsp3) is 0.400. The second kappa shape index (κ2) is 9.23. The van der Waals surface area contributed by atoms with Gasteiger partial charge in [0, 0.05) is 0 Å². The number of rotatable bonds is 7. The minimum absolute atomic E-state index is 0.0846. The first-order valence-corrected chi connectivity index (χ1v) is 9.10. The van der Waals surface area contributed by atoms with E-state index in [2.05, 4.69) is 29.6 Å². The summed E-state index contributed by atoms with van der Waals surface area (Å²) in [6.07, 6.45) is 0. The van der Waals surface area contributed by atoms with Gasteiger partial charge in [-0.2, -0.15) is 0 Å². The van der Waals surface area contributed by atoms with Crippen LogP contribution in [0.2, 0.25) is 0 Å². The molecule has 27 heavy (non-hydrogen) atoms. The van der Waals surface area contributed by atoms with Crippen LogP contribution in [-0.2, 0) is 6.54 Å². The summed E-state index contributed by atoms with van der Waals surface area (Å²) in [6.45, 7) is 10.5. The lowest BCUT2D eigenvalue weighted by Gasteiger charge is -2.15. The molecule has 1 aromatic carbocycles. The van der Waals surface area contributed by atoms with Crippen LogP contribution in [0.3, 0.4) is 0 Å². The van der Waals surface area contributed by atoms with E-state index in [1.807, 2.05) is 13.8 Å². The van der Waals surface area contributed by atoms with E-state index < -0.39 is 11.8 Å². The molecule has 2 amide bonds. The second-order valence-corrected chi connectivity index (χ2v) is 6.57. The Kier molecular flexibility index (Phi) is 7.01. The molecule has 3 N–H and O–H groups in total. The molecule has 0 saturated carbocycles. The first-order chi connectivity index (χ1) is 12.8. The average Bonchev–Trinajstić information content (AvgIpc) is 3.12. The molecule has 0 saturated heterocycles. The maximum atomic E-state index is 12.2. The Morgan fingerprint density at radius 1 is 1.07 bits per heavy atom. The number of phenolic OH excluding ortho intramolecular Hbond substituents is 1. The summed E-state index contributed by atoms with van der Waals surface area (Å²) >= 11 is 0. The van der Waals surface area contributed by atoms with Gasteiger partial charge in [0.15, 0.2) is 5.76 Å². The van der Waals surface area contributed by atoms with Gasteiger partial charge in [0.2, 0.25) is 0 Å². The number of carbonyl (C=O) groups is 2. The van der Waals surface area contributed by atoms with E-state index in [1.54, 1.807) is 24.3 Å². The largest absolute Gasteiger partial charge is 0.507 e. The van der Waals surface area contributed by atoms with Crippen LogP contribution in [0.1, 0.15) is 65.8 Å². The highest BCUT2D eigenvalue weighted by Gasteiger charge is 2.16. The summed E-state index contributed by atoms with van der Waals surface area (Å²) in [6, 6.07) is 8.16. The molecule has 0 aliphatic carbocycles. The quantitative estimate of drug-likeness (QED) is 0.649. The molecule has 0 aliphatic heterocycles. The van der Waals surface area contributed by atoms with Gasteiger partial charge in [-0.05, 0) is 48.8 Å². The predicted molar refractivity (Wildman–Crippen MR) is 102 cm³/mol. The summed E-state index contributed by atoms with van der Waals surface area (Å²) in [7, 11) is 0. The lowest BCUT2D eigenvalue weighted by molar-refractivity contribution is 0.0827. The first kappa shape index (κ1) is 20.5. The molecule has 1 aromatic heterocycles. The van der Waals surface area contributed by atoms with Gasteiger partial charge < -0.3 is 9.52 Å². The summed E-state index contributed by atoms with van der Waals surface area (Å²) in [4.78, 5) is 26.5. The number of hydrazine groups is 1. The topological polar surface area (TPSA) is 94.8 Å². The number of aromatic hydroxyl groups is 1. The molecule has 0 fully saturated rings. The van der Waals surface area contributed by atoms with Gasteiger partial charge in [-0.1, -0.05) is 33.8 Å². The highest BCUT2D eigenvalue weighted by atomic mass is 16.4. The minimum atomic E-state index is -0.605. The Hall–Kier alpha value is -2.80. The Balaban J connectivity index is 1.95. The molecule has 146 valence electrons. The Labute approximate surface area is 159 Å². The van der Waals surface area contributed by atoms with Crippen LogP contribution in [0, 0.1) is 0 Å². The van der Waals surface area contributed by atoms with Crippen LogP contribution >= 0.6 is 0 Å². The van der Waals surface area contributed by atoms with Gasteiger partial charge >= 0.3 is 5.91 Å². The van der Waals surface area contributed by atoms with E-state index in [4.69, 9.17) is 4.42 Å². The van der Waals surface area contributed by atoms with Crippen molar-refractivity contribution < 1.29 is 19.1 Å². The highest BCUT2D eigenvalue weighted by Crippen LogP contribution is 2.23. The predicted octanol–water partition coefficient (Wildman–Crippen LogP) is 3.03. The number of phenols is 1. The van der Waals surface area contributed by atoms with Crippen molar-refractivity contribution in [3.8, 4) is 5.75 Å². The van der Waals surface area contributed by atoms with E-state index in [1.165, 1.54) is 6.07 Å². The third-order valence-electron chi connectivity index (χ3n) is 4.38. The van der Waals surface area contributed by atoms with Crippen molar-refractivity contribution in [3.63, 3.8) is 0 Å². The Bertz CT molecular complexity index is 794.